The third-order valence-corrected chi connectivity index (χ3v) is 4.29. The maximum absolute atomic E-state index is 14.5. The summed E-state index contributed by atoms with van der Waals surface area (Å²) in [4.78, 5) is 13.9. The van der Waals surface area contributed by atoms with Gasteiger partial charge in [-0.1, -0.05) is 24.3 Å². The lowest BCUT2D eigenvalue weighted by molar-refractivity contribution is -0.119. The number of anilines is 2. The third kappa shape index (κ3) is 5.27. The van der Waals surface area contributed by atoms with Gasteiger partial charge in [0, 0.05) is 24.3 Å². The Labute approximate surface area is 158 Å². The summed E-state index contributed by atoms with van der Waals surface area (Å²) < 4.78 is 19.8. The smallest absolute Gasteiger partial charge is 0.259 e. The molecule has 27 heavy (non-hydrogen) atoms. The van der Waals surface area contributed by atoms with Crippen LogP contribution in [-0.4, -0.2) is 44.5 Å². The van der Waals surface area contributed by atoms with Crippen molar-refractivity contribution in [3.63, 3.8) is 0 Å². The molecule has 3 rings (SSSR count). The van der Waals surface area contributed by atoms with Gasteiger partial charge in [0.05, 0.1) is 31.2 Å². The van der Waals surface area contributed by atoms with Gasteiger partial charge in [-0.05, 0) is 31.2 Å². The lowest BCUT2D eigenvalue weighted by atomic mass is 10.1. The van der Waals surface area contributed by atoms with Crippen LogP contribution in [-0.2, 0) is 9.53 Å². The van der Waals surface area contributed by atoms with Crippen molar-refractivity contribution in [1.29, 1.82) is 0 Å². The van der Waals surface area contributed by atoms with E-state index in [1.807, 2.05) is 35.2 Å². The van der Waals surface area contributed by atoms with Crippen molar-refractivity contribution in [1.82, 2.24) is 5.43 Å². The number of amides is 1. The van der Waals surface area contributed by atoms with Crippen molar-refractivity contribution >= 4 is 23.0 Å². The van der Waals surface area contributed by atoms with Crippen LogP contribution in [0.3, 0.4) is 0 Å². The van der Waals surface area contributed by atoms with Gasteiger partial charge in [0.15, 0.2) is 0 Å². The Morgan fingerprint density at radius 3 is 2.63 bits per heavy atom. The summed E-state index contributed by atoms with van der Waals surface area (Å²) >= 11 is 0. The summed E-state index contributed by atoms with van der Waals surface area (Å²) in [5.74, 6) is -0.579. The minimum Gasteiger partial charge on any atom is -0.378 e. The molecule has 1 amide bonds. The van der Waals surface area contributed by atoms with E-state index in [1.165, 1.54) is 6.07 Å². The minimum absolute atomic E-state index is 0.102. The van der Waals surface area contributed by atoms with E-state index >= 15 is 0 Å². The molecule has 142 valence electrons. The molecule has 2 N–H and O–H groups in total. The van der Waals surface area contributed by atoms with Gasteiger partial charge in [0.1, 0.15) is 5.82 Å². The normalized spacial score (nSPS) is 14.7. The highest BCUT2D eigenvalue weighted by atomic mass is 19.1. The number of hydrogen-bond acceptors (Lipinski definition) is 5. The van der Waals surface area contributed by atoms with Crippen molar-refractivity contribution in [3.8, 4) is 0 Å². The van der Waals surface area contributed by atoms with Gasteiger partial charge in [0.2, 0.25) is 0 Å². The highest BCUT2D eigenvalue weighted by Gasteiger charge is 2.15. The first-order valence-corrected chi connectivity index (χ1v) is 8.88. The highest BCUT2D eigenvalue weighted by molar-refractivity contribution is 5.99. The first kappa shape index (κ1) is 18.8. The molecule has 0 bridgehead atoms. The summed E-state index contributed by atoms with van der Waals surface area (Å²) in [5, 5.41) is 7.07. The standard InChI is InChI=1S/C20H23FN4O2/c1-15(23-24-20(26)14-22-17-5-3-2-4-6-17)16-7-8-19(18(21)13-16)25-9-11-27-12-10-25/h2-8,13,22H,9-12,14H2,1H3,(H,24,26). The van der Waals surface area contributed by atoms with E-state index in [4.69, 9.17) is 4.74 Å². The number of carbonyl (C=O) groups is 1. The van der Waals surface area contributed by atoms with Crippen LogP contribution in [0.1, 0.15) is 12.5 Å². The van der Waals surface area contributed by atoms with Gasteiger partial charge in [0.25, 0.3) is 5.91 Å². The van der Waals surface area contributed by atoms with Gasteiger partial charge in [-0.2, -0.15) is 5.10 Å². The van der Waals surface area contributed by atoms with Crippen molar-refractivity contribution in [2.45, 2.75) is 6.92 Å². The second-order valence-electron chi connectivity index (χ2n) is 6.22. The quantitative estimate of drug-likeness (QED) is 0.606. The third-order valence-electron chi connectivity index (χ3n) is 4.29. The SMILES string of the molecule is CC(=NNC(=O)CNc1ccccc1)c1ccc(N2CCOCC2)c(F)c1. The Kier molecular flexibility index (Phi) is 6.38. The zero-order chi connectivity index (χ0) is 19.1. The number of rotatable bonds is 6. The summed E-state index contributed by atoms with van der Waals surface area (Å²) in [5.41, 5.74) is 5.07. The molecule has 1 saturated heterocycles. The number of morpholine rings is 1. The van der Waals surface area contributed by atoms with Crippen molar-refractivity contribution in [2.75, 3.05) is 43.1 Å². The Morgan fingerprint density at radius 2 is 1.93 bits per heavy atom. The minimum atomic E-state index is -0.305. The van der Waals surface area contributed by atoms with Crippen LogP contribution in [0.5, 0.6) is 0 Å². The summed E-state index contributed by atoms with van der Waals surface area (Å²) in [7, 11) is 0. The summed E-state index contributed by atoms with van der Waals surface area (Å²) in [6.45, 7) is 4.39. The molecular weight excluding hydrogens is 347 g/mol. The molecule has 0 spiro atoms. The fourth-order valence-electron chi connectivity index (χ4n) is 2.78. The van der Waals surface area contributed by atoms with Gasteiger partial charge in [-0.15, -0.1) is 0 Å². The van der Waals surface area contributed by atoms with E-state index in [0.29, 0.717) is 43.3 Å². The number of benzene rings is 2. The zero-order valence-electron chi connectivity index (χ0n) is 15.2. The van der Waals surface area contributed by atoms with Gasteiger partial charge < -0.3 is 15.0 Å². The number of hydrogen-bond donors (Lipinski definition) is 2. The number of ether oxygens (including phenoxy) is 1. The number of nitrogens with zero attached hydrogens (tertiary/aromatic N) is 2. The highest BCUT2D eigenvalue weighted by Crippen LogP contribution is 2.21. The van der Waals surface area contributed by atoms with Crippen LogP contribution in [0.15, 0.2) is 53.6 Å². The molecule has 0 unspecified atom stereocenters. The first-order chi connectivity index (χ1) is 13.1. The molecule has 1 fully saturated rings. The van der Waals surface area contributed by atoms with E-state index in [9.17, 15) is 9.18 Å². The van der Waals surface area contributed by atoms with Crippen molar-refractivity contribution < 1.29 is 13.9 Å². The second-order valence-corrected chi connectivity index (χ2v) is 6.22. The van der Waals surface area contributed by atoms with Crippen LogP contribution in [0.4, 0.5) is 15.8 Å². The topological polar surface area (TPSA) is 66.0 Å². The molecule has 0 atom stereocenters. The second kappa shape index (κ2) is 9.14. The maximum Gasteiger partial charge on any atom is 0.259 e. The Bertz CT molecular complexity index is 805. The van der Waals surface area contributed by atoms with Crippen LogP contribution >= 0.6 is 0 Å². The number of carbonyl (C=O) groups excluding carboxylic acids is 1. The fraction of sp³-hybridized carbons (Fsp3) is 0.300. The number of halogens is 1. The van der Waals surface area contributed by atoms with E-state index in [0.717, 1.165) is 5.69 Å². The van der Waals surface area contributed by atoms with E-state index in [1.54, 1.807) is 19.1 Å². The monoisotopic (exact) mass is 370 g/mol. The molecule has 1 heterocycles. The molecule has 7 heteroatoms. The average molecular weight is 370 g/mol. The average Bonchev–Trinajstić information content (AvgIpc) is 2.71. The zero-order valence-corrected chi connectivity index (χ0v) is 15.2. The van der Waals surface area contributed by atoms with Crippen LogP contribution < -0.4 is 15.6 Å². The van der Waals surface area contributed by atoms with Crippen LogP contribution in [0, 0.1) is 5.82 Å². The molecule has 0 radical (unpaired) electrons. The van der Waals surface area contributed by atoms with Crippen molar-refractivity contribution in [3.05, 3.63) is 59.9 Å². The lowest BCUT2D eigenvalue weighted by Crippen LogP contribution is -2.36. The van der Waals surface area contributed by atoms with Crippen LogP contribution in [0.2, 0.25) is 0 Å². The summed E-state index contributed by atoms with van der Waals surface area (Å²) in [6.07, 6.45) is 0. The van der Waals surface area contributed by atoms with E-state index < -0.39 is 0 Å². The molecule has 2 aromatic carbocycles. The van der Waals surface area contributed by atoms with E-state index in [2.05, 4.69) is 15.8 Å². The largest absolute Gasteiger partial charge is 0.378 e. The molecular formula is C20H23FN4O2. The van der Waals surface area contributed by atoms with Gasteiger partial charge in [-0.3, -0.25) is 4.79 Å². The fourth-order valence-corrected chi connectivity index (χ4v) is 2.78. The maximum atomic E-state index is 14.5. The van der Waals surface area contributed by atoms with E-state index in [-0.39, 0.29) is 18.3 Å². The van der Waals surface area contributed by atoms with Gasteiger partial charge in [-0.25, -0.2) is 9.82 Å². The molecule has 6 nitrogen and oxygen atoms in total. The Morgan fingerprint density at radius 1 is 1.19 bits per heavy atom. The first-order valence-electron chi connectivity index (χ1n) is 8.88. The molecule has 1 aliphatic heterocycles. The Hall–Kier alpha value is -2.93. The number of para-hydroxylation sites is 1. The molecule has 0 aliphatic carbocycles. The Balaban J connectivity index is 1.57. The predicted octanol–water partition coefficient (Wildman–Crippen LogP) is 2.61. The van der Waals surface area contributed by atoms with Gasteiger partial charge >= 0.3 is 0 Å². The molecule has 0 aromatic heterocycles. The summed E-state index contributed by atoms with van der Waals surface area (Å²) in [6, 6.07) is 14.4. The molecule has 2 aromatic rings. The number of nitrogens with one attached hydrogen (secondary N) is 2. The molecule has 0 saturated carbocycles. The predicted molar refractivity (Wildman–Crippen MR) is 105 cm³/mol. The molecule has 1 aliphatic rings. The van der Waals surface area contributed by atoms with Crippen molar-refractivity contribution in [2.24, 2.45) is 5.10 Å². The van der Waals surface area contributed by atoms with Crippen LogP contribution in [0.25, 0.3) is 0 Å². The number of hydrazone groups is 1. The lowest BCUT2D eigenvalue weighted by Gasteiger charge is -2.29.